The first-order valence-corrected chi connectivity index (χ1v) is 9.21. The number of aromatic nitrogens is 2. The first kappa shape index (κ1) is 14.1. The van der Waals surface area contributed by atoms with Gasteiger partial charge >= 0.3 is 0 Å². The summed E-state index contributed by atoms with van der Waals surface area (Å²) in [4.78, 5) is 4.75. The van der Waals surface area contributed by atoms with Crippen LogP contribution < -0.4 is 5.32 Å². The van der Waals surface area contributed by atoms with Crippen LogP contribution in [0.4, 0.5) is 0 Å². The van der Waals surface area contributed by atoms with Gasteiger partial charge in [0.2, 0.25) is 0 Å². The molecule has 0 aliphatic carbocycles. The number of hydrogen-bond acceptors (Lipinski definition) is 4. The van der Waals surface area contributed by atoms with Crippen molar-refractivity contribution in [3.63, 3.8) is 0 Å². The summed E-state index contributed by atoms with van der Waals surface area (Å²) >= 11 is 0. The predicted molar refractivity (Wildman–Crippen MR) is 78.5 cm³/mol. The average Bonchev–Trinajstić information content (AvgIpc) is 2.92. The molecule has 3 rings (SSSR count). The van der Waals surface area contributed by atoms with E-state index in [0.717, 1.165) is 43.9 Å². The maximum Gasteiger partial charge on any atom is 0.154 e. The highest BCUT2D eigenvalue weighted by Crippen LogP contribution is 2.27. The Balaban J connectivity index is 1.97. The molecule has 112 valence electrons. The standard InChI is InChI=1S/C14H23N3O2S/c1-10(2)14-16-12-8-15-6-5-13(12)17(14)9-11-4-3-7-20(11,18)19/h10-11,15H,3-9H2,1-2H3. The third-order valence-corrected chi connectivity index (χ3v) is 6.64. The lowest BCUT2D eigenvalue weighted by atomic mass is 10.1. The van der Waals surface area contributed by atoms with Crippen LogP contribution >= 0.6 is 0 Å². The third-order valence-electron chi connectivity index (χ3n) is 4.38. The van der Waals surface area contributed by atoms with E-state index in [2.05, 4.69) is 23.7 Å². The molecule has 20 heavy (non-hydrogen) atoms. The van der Waals surface area contributed by atoms with Crippen molar-refractivity contribution in [1.82, 2.24) is 14.9 Å². The zero-order valence-electron chi connectivity index (χ0n) is 12.2. The van der Waals surface area contributed by atoms with Crippen molar-refractivity contribution in [1.29, 1.82) is 0 Å². The molecule has 1 aromatic rings. The summed E-state index contributed by atoms with van der Waals surface area (Å²) in [5.74, 6) is 1.72. The minimum absolute atomic E-state index is 0.215. The molecule has 1 N–H and O–H groups in total. The summed E-state index contributed by atoms with van der Waals surface area (Å²) in [6.45, 7) is 6.60. The number of rotatable bonds is 3. The van der Waals surface area contributed by atoms with Crippen molar-refractivity contribution < 1.29 is 8.42 Å². The summed E-state index contributed by atoms with van der Waals surface area (Å²) in [6, 6.07) is 0. The molecule has 0 aromatic carbocycles. The van der Waals surface area contributed by atoms with Crippen molar-refractivity contribution in [2.75, 3.05) is 12.3 Å². The molecule has 1 saturated heterocycles. The lowest BCUT2D eigenvalue weighted by Gasteiger charge is -2.19. The molecule has 0 bridgehead atoms. The normalized spacial score (nSPS) is 25.1. The van der Waals surface area contributed by atoms with Crippen molar-refractivity contribution in [3.8, 4) is 0 Å². The average molecular weight is 297 g/mol. The van der Waals surface area contributed by atoms with Crippen LogP contribution in [0.1, 0.15) is 49.8 Å². The maximum atomic E-state index is 12.1. The van der Waals surface area contributed by atoms with E-state index in [-0.39, 0.29) is 5.25 Å². The van der Waals surface area contributed by atoms with Gasteiger partial charge in [-0.1, -0.05) is 13.8 Å². The Morgan fingerprint density at radius 1 is 1.45 bits per heavy atom. The van der Waals surface area contributed by atoms with E-state index in [4.69, 9.17) is 4.98 Å². The van der Waals surface area contributed by atoms with E-state index in [1.165, 1.54) is 5.69 Å². The largest absolute Gasteiger partial charge is 0.330 e. The smallest absolute Gasteiger partial charge is 0.154 e. The summed E-state index contributed by atoms with van der Waals surface area (Å²) in [6.07, 6.45) is 2.55. The summed E-state index contributed by atoms with van der Waals surface area (Å²) in [5, 5.41) is 3.12. The number of imidazole rings is 1. The van der Waals surface area contributed by atoms with Gasteiger partial charge in [0.05, 0.1) is 16.7 Å². The van der Waals surface area contributed by atoms with Crippen LogP contribution in [-0.2, 0) is 29.3 Å². The zero-order chi connectivity index (χ0) is 14.3. The molecule has 1 fully saturated rings. The molecule has 1 unspecified atom stereocenters. The second-order valence-electron chi connectivity index (χ2n) is 6.19. The highest BCUT2D eigenvalue weighted by Gasteiger charge is 2.33. The lowest BCUT2D eigenvalue weighted by molar-refractivity contribution is 0.529. The molecule has 1 aromatic heterocycles. The fourth-order valence-electron chi connectivity index (χ4n) is 3.30. The number of hydrogen-bond donors (Lipinski definition) is 1. The van der Waals surface area contributed by atoms with Crippen LogP contribution in [0, 0.1) is 0 Å². The maximum absolute atomic E-state index is 12.1. The van der Waals surface area contributed by atoms with Gasteiger partial charge in [-0.15, -0.1) is 0 Å². The molecular weight excluding hydrogens is 274 g/mol. The van der Waals surface area contributed by atoms with Gasteiger partial charge < -0.3 is 9.88 Å². The van der Waals surface area contributed by atoms with Gasteiger partial charge in [-0.05, 0) is 12.8 Å². The van der Waals surface area contributed by atoms with Crippen molar-refractivity contribution in [2.45, 2.75) is 57.4 Å². The van der Waals surface area contributed by atoms with Crippen LogP contribution in [0.3, 0.4) is 0 Å². The Morgan fingerprint density at radius 2 is 2.25 bits per heavy atom. The fraction of sp³-hybridized carbons (Fsp3) is 0.786. The first-order chi connectivity index (χ1) is 9.49. The van der Waals surface area contributed by atoms with Gasteiger partial charge in [0.25, 0.3) is 0 Å². The quantitative estimate of drug-likeness (QED) is 0.911. The second-order valence-corrected chi connectivity index (χ2v) is 8.59. The molecule has 3 heterocycles. The van der Waals surface area contributed by atoms with Crippen molar-refractivity contribution in [2.24, 2.45) is 0 Å². The molecule has 2 aliphatic heterocycles. The van der Waals surface area contributed by atoms with Gasteiger partial charge in [-0.25, -0.2) is 13.4 Å². The Morgan fingerprint density at radius 3 is 2.90 bits per heavy atom. The van der Waals surface area contributed by atoms with Crippen molar-refractivity contribution in [3.05, 3.63) is 17.2 Å². The zero-order valence-corrected chi connectivity index (χ0v) is 13.0. The van der Waals surface area contributed by atoms with Gasteiger partial charge in [0.1, 0.15) is 5.82 Å². The van der Waals surface area contributed by atoms with Gasteiger partial charge in [0.15, 0.2) is 9.84 Å². The highest BCUT2D eigenvalue weighted by molar-refractivity contribution is 7.92. The molecule has 0 saturated carbocycles. The monoisotopic (exact) mass is 297 g/mol. The minimum atomic E-state index is -2.90. The van der Waals surface area contributed by atoms with E-state index in [1.54, 1.807) is 0 Å². The predicted octanol–water partition coefficient (Wildman–Crippen LogP) is 1.23. The molecule has 2 aliphatic rings. The minimum Gasteiger partial charge on any atom is -0.330 e. The summed E-state index contributed by atoms with van der Waals surface area (Å²) in [5.41, 5.74) is 2.35. The second kappa shape index (κ2) is 5.15. The number of sulfone groups is 1. The molecule has 6 heteroatoms. The Hall–Kier alpha value is -0.880. The Bertz CT molecular complexity index is 604. The lowest BCUT2D eigenvalue weighted by Crippen LogP contribution is -2.28. The Kier molecular flexibility index (Phi) is 3.62. The van der Waals surface area contributed by atoms with E-state index >= 15 is 0 Å². The van der Waals surface area contributed by atoms with E-state index in [9.17, 15) is 8.42 Å². The van der Waals surface area contributed by atoms with Crippen LogP contribution in [0.5, 0.6) is 0 Å². The number of nitrogens with zero attached hydrogens (tertiary/aromatic N) is 2. The van der Waals surface area contributed by atoms with E-state index < -0.39 is 9.84 Å². The topological polar surface area (TPSA) is 64.0 Å². The molecular formula is C14H23N3O2S. The SMILES string of the molecule is CC(C)c1nc2c(n1CC1CCCS1(=O)=O)CCNC2. The van der Waals surface area contributed by atoms with Gasteiger partial charge in [0, 0.05) is 37.7 Å². The Labute approximate surface area is 120 Å². The first-order valence-electron chi connectivity index (χ1n) is 7.49. The van der Waals surface area contributed by atoms with Gasteiger partial charge in [-0.2, -0.15) is 0 Å². The molecule has 0 spiro atoms. The van der Waals surface area contributed by atoms with E-state index in [1.807, 2.05) is 0 Å². The van der Waals surface area contributed by atoms with Gasteiger partial charge in [-0.3, -0.25) is 0 Å². The van der Waals surface area contributed by atoms with E-state index in [0.29, 0.717) is 18.2 Å². The highest BCUT2D eigenvalue weighted by atomic mass is 32.2. The van der Waals surface area contributed by atoms with Crippen LogP contribution in [0.15, 0.2) is 0 Å². The number of nitrogens with one attached hydrogen (secondary N) is 1. The molecule has 0 amide bonds. The third kappa shape index (κ3) is 2.39. The van der Waals surface area contributed by atoms with Crippen LogP contribution in [-0.4, -0.2) is 35.5 Å². The van der Waals surface area contributed by atoms with Crippen LogP contribution in [0.2, 0.25) is 0 Å². The molecule has 5 nitrogen and oxygen atoms in total. The fourth-order valence-corrected chi connectivity index (χ4v) is 5.11. The van der Waals surface area contributed by atoms with Crippen molar-refractivity contribution >= 4 is 9.84 Å². The summed E-state index contributed by atoms with van der Waals surface area (Å²) < 4.78 is 26.4. The van der Waals surface area contributed by atoms with Crippen LogP contribution in [0.25, 0.3) is 0 Å². The number of fused-ring (bicyclic) bond motifs is 1. The summed E-state index contributed by atoms with van der Waals surface area (Å²) in [7, 11) is -2.90. The molecule has 1 atom stereocenters. The molecule has 0 radical (unpaired) electrons.